The zero-order valence-corrected chi connectivity index (χ0v) is 25.3. The van der Waals surface area contributed by atoms with Crippen LogP contribution in [-0.2, 0) is 14.4 Å². The van der Waals surface area contributed by atoms with Gasteiger partial charge in [0.2, 0.25) is 5.91 Å². The largest absolute Gasteiger partial charge is 0.494 e. The van der Waals surface area contributed by atoms with Gasteiger partial charge in [-0.25, -0.2) is 15.0 Å². The van der Waals surface area contributed by atoms with Gasteiger partial charge in [-0.2, -0.15) is 0 Å². The number of carbonyl (C=O) groups excluding carboxylic acids is 1. The van der Waals surface area contributed by atoms with Gasteiger partial charge in [0.15, 0.2) is 5.82 Å². The van der Waals surface area contributed by atoms with Crippen LogP contribution in [0.15, 0.2) is 79.6 Å². The van der Waals surface area contributed by atoms with E-state index in [0.29, 0.717) is 41.4 Å². The van der Waals surface area contributed by atoms with Gasteiger partial charge in [-0.3, -0.25) is 14.5 Å². The Morgan fingerprint density at radius 1 is 1.02 bits per heavy atom. The van der Waals surface area contributed by atoms with Crippen LogP contribution in [0.5, 0.6) is 5.75 Å². The summed E-state index contributed by atoms with van der Waals surface area (Å²) in [7, 11) is 1.64. The third-order valence-corrected chi connectivity index (χ3v) is 8.78. The Morgan fingerprint density at radius 2 is 1.84 bits per heavy atom. The number of carbonyl (C=O) groups is 1. The van der Waals surface area contributed by atoms with Crippen molar-refractivity contribution in [3.63, 3.8) is 0 Å². The Hall–Kier alpha value is -4.71. The Balaban J connectivity index is 1.16. The molecule has 1 amide bonds. The SMILES string of the molecule is C=CC(=O)Nc1cc(Nc2cc(N3OCC[C@@H]3c3cccc4ccccc34)ncn2)c(OC)cc1N1CCN(C2COC2)CC1. The summed E-state index contributed by atoms with van der Waals surface area (Å²) in [6, 6.07) is 21.0. The Labute approximate surface area is 262 Å². The number of benzene rings is 3. The van der Waals surface area contributed by atoms with E-state index in [-0.39, 0.29) is 11.9 Å². The molecule has 0 unspecified atom stereocenters. The summed E-state index contributed by atoms with van der Waals surface area (Å²) in [5.41, 5.74) is 3.41. The molecule has 3 aromatic carbocycles. The number of hydrogen-bond acceptors (Lipinski definition) is 10. The van der Waals surface area contributed by atoms with Crippen LogP contribution in [0, 0.1) is 0 Å². The van der Waals surface area contributed by atoms with Crippen LogP contribution in [0.2, 0.25) is 0 Å². The van der Waals surface area contributed by atoms with E-state index in [2.05, 4.69) is 79.4 Å². The molecule has 3 aliphatic heterocycles. The van der Waals surface area contributed by atoms with E-state index in [0.717, 1.165) is 51.5 Å². The molecule has 1 aromatic heterocycles. The number of hydroxylamine groups is 1. The van der Waals surface area contributed by atoms with E-state index in [1.807, 2.05) is 23.3 Å². The first-order chi connectivity index (χ1) is 22.1. The number of rotatable bonds is 9. The molecule has 3 fully saturated rings. The summed E-state index contributed by atoms with van der Waals surface area (Å²) in [6.07, 6.45) is 3.63. The van der Waals surface area contributed by atoms with E-state index in [1.165, 1.54) is 28.7 Å². The Kier molecular flexibility index (Phi) is 8.21. The highest BCUT2D eigenvalue weighted by molar-refractivity contribution is 6.02. The van der Waals surface area contributed by atoms with Crippen LogP contribution in [0.3, 0.4) is 0 Å². The summed E-state index contributed by atoms with van der Waals surface area (Å²) in [6.45, 7) is 9.33. The first-order valence-corrected chi connectivity index (χ1v) is 15.3. The minimum Gasteiger partial charge on any atom is -0.494 e. The van der Waals surface area contributed by atoms with Crippen molar-refractivity contribution in [2.24, 2.45) is 0 Å². The van der Waals surface area contributed by atoms with Gasteiger partial charge in [-0.15, -0.1) is 0 Å². The molecule has 11 nitrogen and oxygen atoms in total. The normalized spacial score (nSPS) is 18.9. The molecule has 3 saturated heterocycles. The number of hydrogen-bond donors (Lipinski definition) is 2. The van der Waals surface area contributed by atoms with Crippen molar-refractivity contribution in [1.29, 1.82) is 0 Å². The fourth-order valence-corrected chi connectivity index (χ4v) is 6.34. The van der Waals surface area contributed by atoms with Gasteiger partial charge >= 0.3 is 0 Å². The van der Waals surface area contributed by atoms with E-state index in [9.17, 15) is 4.79 Å². The monoisotopic (exact) mass is 607 g/mol. The number of aromatic nitrogens is 2. The molecule has 2 N–H and O–H groups in total. The molecule has 4 aromatic rings. The van der Waals surface area contributed by atoms with Crippen molar-refractivity contribution in [2.75, 3.05) is 73.7 Å². The molecule has 0 aliphatic carbocycles. The number of methoxy groups -OCH3 is 1. The van der Waals surface area contributed by atoms with E-state index in [4.69, 9.17) is 14.3 Å². The Morgan fingerprint density at radius 3 is 2.62 bits per heavy atom. The fourth-order valence-electron chi connectivity index (χ4n) is 6.34. The average molecular weight is 608 g/mol. The molecule has 232 valence electrons. The lowest BCUT2D eigenvalue weighted by Gasteiger charge is -2.43. The maximum absolute atomic E-state index is 12.5. The number of anilines is 5. The van der Waals surface area contributed by atoms with Gasteiger partial charge in [0.25, 0.3) is 0 Å². The molecule has 4 heterocycles. The molecule has 11 heteroatoms. The van der Waals surface area contributed by atoms with Crippen molar-refractivity contribution in [2.45, 2.75) is 18.5 Å². The van der Waals surface area contributed by atoms with Crippen molar-refractivity contribution < 1.29 is 19.1 Å². The minimum atomic E-state index is -0.285. The van der Waals surface area contributed by atoms with Crippen molar-refractivity contribution in [1.82, 2.24) is 14.9 Å². The third kappa shape index (κ3) is 5.89. The highest BCUT2D eigenvalue weighted by Crippen LogP contribution is 2.41. The van der Waals surface area contributed by atoms with Crippen LogP contribution in [0.25, 0.3) is 10.8 Å². The summed E-state index contributed by atoms with van der Waals surface area (Å²) >= 11 is 0. The van der Waals surface area contributed by atoms with Crippen LogP contribution in [0.4, 0.5) is 28.7 Å². The topological polar surface area (TPSA) is 104 Å². The summed E-state index contributed by atoms with van der Waals surface area (Å²) < 4.78 is 11.2. The van der Waals surface area contributed by atoms with E-state index < -0.39 is 0 Å². The summed E-state index contributed by atoms with van der Waals surface area (Å²) in [4.78, 5) is 32.4. The number of fused-ring (bicyclic) bond motifs is 1. The minimum absolute atomic E-state index is 0.00525. The predicted octanol–water partition coefficient (Wildman–Crippen LogP) is 4.91. The molecule has 7 rings (SSSR count). The number of ether oxygens (including phenoxy) is 2. The van der Waals surface area contributed by atoms with Crippen LogP contribution < -0.4 is 25.3 Å². The average Bonchev–Trinajstić information content (AvgIpc) is 3.54. The lowest BCUT2D eigenvalue weighted by Crippen LogP contribution is -2.56. The van der Waals surface area contributed by atoms with Gasteiger partial charge in [0.05, 0.1) is 56.1 Å². The highest BCUT2D eigenvalue weighted by atomic mass is 16.7. The molecule has 0 radical (unpaired) electrons. The summed E-state index contributed by atoms with van der Waals surface area (Å²) in [5, 5.41) is 10.7. The first-order valence-electron chi connectivity index (χ1n) is 15.3. The molecule has 0 spiro atoms. The fraction of sp³-hybridized carbons (Fsp3) is 0.324. The molecule has 0 saturated carbocycles. The molecule has 1 atom stereocenters. The van der Waals surface area contributed by atoms with Gasteiger partial charge in [0, 0.05) is 44.7 Å². The van der Waals surface area contributed by atoms with E-state index >= 15 is 0 Å². The first kappa shape index (κ1) is 29.0. The lowest BCUT2D eigenvalue weighted by molar-refractivity contribution is -0.111. The van der Waals surface area contributed by atoms with Crippen molar-refractivity contribution in [3.8, 4) is 5.75 Å². The van der Waals surface area contributed by atoms with Crippen LogP contribution >= 0.6 is 0 Å². The summed E-state index contributed by atoms with van der Waals surface area (Å²) in [5.74, 6) is 1.55. The van der Waals surface area contributed by atoms with Gasteiger partial charge in [-0.05, 0) is 28.5 Å². The van der Waals surface area contributed by atoms with Crippen molar-refractivity contribution in [3.05, 3.63) is 85.2 Å². The second-order valence-corrected chi connectivity index (χ2v) is 11.4. The number of piperazine rings is 1. The van der Waals surface area contributed by atoms with Crippen LogP contribution in [-0.4, -0.2) is 79.9 Å². The molecule has 0 bridgehead atoms. The third-order valence-electron chi connectivity index (χ3n) is 8.78. The molecular formula is C34H37N7O4. The lowest BCUT2D eigenvalue weighted by atomic mass is 9.97. The smallest absolute Gasteiger partial charge is 0.247 e. The van der Waals surface area contributed by atoms with Crippen LogP contribution in [0.1, 0.15) is 18.0 Å². The van der Waals surface area contributed by atoms with E-state index in [1.54, 1.807) is 7.11 Å². The number of amides is 1. The number of nitrogens with one attached hydrogen (secondary N) is 2. The maximum Gasteiger partial charge on any atom is 0.247 e. The zero-order chi connectivity index (χ0) is 30.8. The standard InChI is InChI=1S/C34H37N7O4/c1-3-34(42)38-27-17-28(31(43-2)18-30(27)40-14-12-39(13-15-40)24-20-44-21-24)37-32-19-33(36-22-35-32)41-29(11-16-45-41)26-10-6-8-23-7-4-5-9-25(23)26/h3-10,17-19,22,24,29H,1,11-16,20-21H2,2H3,(H,38,42)(H,35,36,37)/t29-/m1/s1. The molecule has 3 aliphatic rings. The second-order valence-electron chi connectivity index (χ2n) is 11.4. The highest BCUT2D eigenvalue weighted by Gasteiger charge is 2.31. The zero-order valence-electron chi connectivity index (χ0n) is 25.3. The molecular weight excluding hydrogens is 570 g/mol. The Bertz CT molecular complexity index is 1700. The van der Waals surface area contributed by atoms with Crippen molar-refractivity contribution >= 4 is 45.4 Å². The predicted molar refractivity (Wildman–Crippen MR) is 175 cm³/mol. The second kappa shape index (κ2) is 12.7. The maximum atomic E-state index is 12.5. The number of nitrogens with zero attached hydrogens (tertiary/aromatic N) is 5. The van der Waals surface area contributed by atoms with Gasteiger partial charge in [-0.1, -0.05) is 49.0 Å². The quantitative estimate of drug-likeness (QED) is 0.255. The van der Waals surface area contributed by atoms with Gasteiger partial charge in [0.1, 0.15) is 17.9 Å². The van der Waals surface area contributed by atoms with Gasteiger partial charge < -0.3 is 25.0 Å². The molecule has 45 heavy (non-hydrogen) atoms.